The number of hydrogen-bond acceptors (Lipinski definition) is 5. The van der Waals surface area contributed by atoms with Crippen molar-refractivity contribution in [2.45, 2.75) is 38.9 Å². The second-order valence-corrected chi connectivity index (χ2v) is 5.32. The topological polar surface area (TPSA) is 57.7 Å². The molecule has 1 aliphatic rings. The lowest BCUT2D eigenvalue weighted by Gasteiger charge is -2.32. The van der Waals surface area contributed by atoms with Crippen molar-refractivity contribution in [1.29, 1.82) is 0 Å². The molecule has 1 fully saturated rings. The van der Waals surface area contributed by atoms with Crippen molar-refractivity contribution < 1.29 is 23.0 Å². The minimum Gasteiger partial charge on any atom is -0.464 e. The summed E-state index contributed by atoms with van der Waals surface area (Å²) in [4.78, 5) is 15.3. The summed E-state index contributed by atoms with van der Waals surface area (Å²) in [6.07, 6.45) is -0.430. The van der Waals surface area contributed by atoms with Crippen molar-refractivity contribution >= 4 is 18.6 Å². The fourth-order valence-electron chi connectivity index (χ4n) is 1.60. The molecule has 2 heterocycles. The minimum absolute atomic E-state index is 0.0130. The Bertz CT molecular complexity index is 620. The van der Waals surface area contributed by atoms with Crippen LogP contribution in [0.1, 0.15) is 42.3 Å². The molecule has 1 aliphatic heterocycles. The van der Waals surface area contributed by atoms with Crippen LogP contribution in [0.25, 0.3) is 0 Å². The summed E-state index contributed by atoms with van der Waals surface area (Å²) in [7, 11) is 0.149. The minimum atomic E-state index is -1.01. The Hall–Kier alpha value is -1.40. The first-order chi connectivity index (χ1) is 10.0. The van der Waals surface area contributed by atoms with E-state index in [2.05, 4.69) is 9.72 Å². The fourth-order valence-corrected chi connectivity index (χ4v) is 1.60. The number of pyridine rings is 1. The maximum Gasteiger partial charge on any atom is 0.494 e. The van der Waals surface area contributed by atoms with Gasteiger partial charge in [-0.2, -0.15) is 0 Å². The molecule has 0 aliphatic carbocycles. The second-order valence-electron chi connectivity index (χ2n) is 5.32. The van der Waals surface area contributed by atoms with E-state index in [0.29, 0.717) is 0 Å². The Kier molecular flexibility index (Phi) is 2.53. The summed E-state index contributed by atoms with van der Waals surface area (Å²) in [5.74, 6) is -0.837. The number of esters is 1. The van der Waals surface area contributed by atoms with Crippen LogP contribution in [0.4, 0.5) is 0 Å². The lowest BCUT2D eigenvalue weighted by atomic mass is 9.79. The molecule has 0 saturated carbocycles. The number of aromatic nitrogens is 1. The first-order valence-corrected chi connectivity index (χ1v) is 5.93. The average molecular weight is 266 g/mol. The van der Waals surface area contributed by atoms with Crippen LogP contribution in [-0.2, 0) is 14.0 Å². The van der Waals surface area contributed by atoms with Gasteiger partial charge in [0.25, 0.3) is 0 Å². The number of hydrogen-bond donors (Lipinski definition) is 0. The summed E-state index contributed by atoms with van der Waals surface area (Å²) in [6, 6.07) is -0.609. The van der Waals surface area contributed by atoms with E-state index in [1.807, 2.05) is 27.7 Å². The zero-order valence-corrected chi connectivity index (χ0v) is 11.7. The van der Waals surface area contributed by atoms with Gasteiger partial charge in [-0.05, 0) is 45.2 Å². The van der Waals surface area contributed by atoms with Gasteiger partial charge >= 0.3 is 13.1 Å². The molecule has 2 rings (SSSR count). The standard InChI is InChI=1S/C13H18BNO4/c1-12(2)13(3,4)19-14(18-12)9-6-7-15-10(8-9)11(16)17-5/h6-8H,1-5H3/i6D,7D,8D. The first kappa shape index (κ1) is 10.4. The SMILES string of the molecule is [2H]c1nc(C(=O)OC)c([2H])c(B2OC(C)(C)C(C)(C)O2)c1[2H]. The Labute approximate surface area is 117 Å². The van der Waals surface area contributed by atoms with Gasteiger partial charge in [0.05, 0.1) is 22.4 Å². The molecule has 6 heteroatoms. The van der Waals surface area contributed by atoms with Gasteiger partial charge < -0.3 is 14.0 Å². The third kappa shape index (κ3) is 2.50. The van der Waals surface area contributed by atoms with Crippen molar-refractivity contribution in [1.82, 2.24) is 4.98 Å². The first-order valence-electron chi connectivity index (χ1n) is 7.43. The van der Waals surface area contributed by atoms with Crippen molar-refractivity contribution in [3.63, 3.8) is 0 Å². The molecular weight excluding hydrogens is 245 g/mol. The normalized spacial score (nSPS) is 22.6. The molecule has 5 nitrogen and oxygen atoms in total. The third-order valence-corrected chi connectivity index (χ3v) is 3.48. The number of rotatable bonds is 2. The van der Waals surface area contributed by atoms with E-state index in [9.17, 15) is 4.79 Å². The monoisotopic (exact) mass is 266 g/mol. The van der Waals surface area contributed by atoms with Crippen LogP contribution >= 0.6 is 0 Å². The molecule has 0 N–H and O–H groups in total. The van der Waals surface area contributed by atoms with E-state index < -0.39 is 30.5 Å². The van der Waals surface area contributed by atoms with Crippen LogP contribution in [0.3, 0.4) is 0 Å². The van der Waals surface area contributed by atoms with E-state index in [0.717, 1.165) is 7.11 Å². The highest BCUT2D eigenvalue weighted by atomic mass is 16.7. The van der Waals surface area contributed by atoms with Crippen LogP contribution in [0, 0.1) is 0 Å². The maximum atomic E-state index is 11.7. The molecule has 102 valence electrons. The van der Waals surface area contributed by atoms with Gasteiger partial charge in [0, 0.05) is 6.17 Å². The van der Waals surface area contributed by atoms with E-state index in [1.54, 1.807) is 0 Å². The van der Waals surface area contributed by atoms with Crippen LogP contribution in [-0.4, -0.2) is 36.4 Å². The summed E-state index contributed by atoms with van der Waals surface area (Å²) in [5, 5.41) is 0. The Morgan fingerprint density at radius 3 is 2.47 bits per heavy atom. The van der Waals surface area contributed by atoms with Gasteiger partial charge in [0.1, 0.15) is 5.69 Å². The highest BCUT2D eigenvalue weighted by Gasteiger charge is 2.51. The molecule has 0 unspecified atom stereocenters. The van der Waals surface area contributed by atoms with Crippen LogP contribution in [0.15, 0.2) is 18.3 Å². The highest BCUT2D eigenvalue weighted by molar-refractivity contribution is 6.62. The molecule has 0 spiro atoms. The molecular formula is C13H18BNO4. The van der Waals surface area contributed by atoms with Crippen LogP contribution < -0.4 is 5.46 Å². The van der Waals surface area contributed by atoms with E-state index in [1.165, 1.54) is 0 Å². The number of carbonyl (C=O) groups excluding carboxylic acids is 1. The Morgan fingerprint density at radius 1 is 1.37 bits per heavy atom. The van der Waals surface area contributed by atoms with Crippen molar-refractivity contribution in [2.24, 2.45) is 0 Å². The van der Waals surface area contributed by atoms with E-state index in [-0.39, 0.29) is 23.2 Å². The summed E-state index contributed by atoms with van der Waals surface area (Å²) < 4.78 is 40.0. The summed E-state index contributed by atoms with van der Waals surface area (Å²) in [6.45, 7) is 7.35. The van der Waals surface area contributed by atoms with E-state index in [4.69, 9.17) is 13.4 Å². The summed E-state index contributed by atoms with van der Waals surface area (Å²) in [5.41, 5.74) is -1.63. The van der Waals surface area contributed by atoms with Gasteiger partial charge in [-0.25, -0.2) is 9.78 Å². The molecule has 1 saturated heterocycles. The molecule has 0 bridgehead atoms. The zero-order valence-electron chi connectivity index (χ0n) is 14.7. The van der Waals surface area contributed by atoms with Gasteiger partial charge in [-0.1, -0.05) is 0 Å². The van der Waals surface area contributed by atoms with Crippen LogP contribution in [0.2, 0.25) is 0 Å². The van der Waals surface area contributed by atoms with Gasteiger partial charge in [0.15, 0.2) is 0 Å². The van der Waals surface area contributed by atoms with Crippen molar-refractivity contribution in [3.8, 4) is 0 Å². The molecule has 19 heavy (non-hydrogen) atoms. The predicted molar refractivity (Wildman–Crippen MR) is 71.3 cm³/mol. The van der Waals surface area contributed by atoms with E-state index >= 15 is 0 Å². The maximum absolute atomic E-state index is 11.7. The number of ether oxygens (including phenoxy) is 1. The van der Waals surface area contributed by atoms with Gasteiger partial charge in [0.2, 0.25) is 0 Å². The smallest absolute Gasteiger partial charge is 0.464 e. The highest BCUT2D eigenvalue weighted by Crippen LogP contribution is 2.36. The van der Waals surface area contributed by atoms with Gasteiger partial charge in [-0.15, -0.1) is 0 Å². The zero-order chi connectivity index (χ0) is 16.9. The lowest BCUT2D eigenvalue weighted by Crippen LogP contribution is -2.41. The van der Waals surface area contributed by atoms with Crippen molar-refractivity contribution in [2.75, 3.05) is 7.11 Å². The predicted octanol–water partition coefficient (Wildman–Crippen LogP) is 1.17. The number of methoxy groups -OCH3 is 1. The second kappa shape index (κ2) is 4.61. The summed E-state index contributed by atoms with van der Waals surface area (Å²) >= 11 is 0. The molecule has 0 amide bonds. The Morgan fingerprint density at radius 2 is 1.95 bits per heavy atom. The Balaban J connectivity index is 2.57. The average Bonchev–Trinajstić information content (AvgIpc) is 2.62. The third-order valence-electron chi connectivity index (χ3n) is 3.48. The molecule has 0 aromatic carbocycles. The molecule has 0 atom stereocenters. The molecule has 0 radical (unpaired) electrons. The quantitative estimate of drug-likeness (QED) is 0.594. The fraction of sp³-hybridized carbons (Fsp3) is 0.538. The number of carbonyl (C=O) groups is 1. The molecule has 1 aromatic heterocycles. The van der Waals surface area contributed by atoms with Gasteiger partial charge in [-0.3, -0.25) is 0 Å². The lowest BCUT2D eigenvalue weighted by molar-refractivity contribution is 0.00578. The largest absolute Gasteiger partial charge is 0.494 e. The van der Waals surface area contributed by atoms with Crippen molar-refractivity contribution in [3.05, 3.63) is 24.0 Å². The number of nitrogens with zero attached hydrogens (tertiary/aromatic N) is 1. The van der Waals surface area contributed by atoms with Crippen LogP contribution in [0.5, 0.6) is 0 Å². The molecule has 1 aromatic rings.